The number of anilines is 3. The molecule has 0 unspecified atom stereocenters. The number of aliphatic hydroxyl groups is 1. The van der Waals surface area contributed by atoms with Crippen molar-refractivity contribution in [2.24, 2.45) is 0 Å². The maximum absolute atomic E-state index is 13.9. The number of sulfonamides is 1. The minimum atomic E-state index is -3.40. The number of nitrogens with one attached hydrogen (secondary N) is 2. The maximum Gasteiger partial charge on any atom is 0.328 e. The summed E-state index contributed by atoms with van der Waals surface area (Å²) in [7, 11) is -3.40. The number of hydrogen-bond acceptors (Lipinski definition) is 6. The Morgan fingerprint density at radius 1 is 0.911 bits per heavy atom. The fraction of sp³-hybridized carbons (Fsp3) is 0.176. The second-order valence-electron chi connectivity index (χ2n) is 10.5. The van der Waals surface area contributed by atoms with Crippen LogP contribution in [0.15, 0.2) is 109 Å². The van der Waals surface area contributed by atoms with Crippen molar-refractivity contribution in [3.8, 4) is 11.3 Å². The Balaban J connectivity index is 1.39. The molecule has 232 valence electrons. The van der Waals surface area contributed by atoms with Crippen molar-refractivity contribution in [2.75, 3.05) is 34.3 Å². The number of urea groups is 1. The van der Waals surface area contributed by atoms with Crippen LogP contribution in [-0.2, 0) is 16.4 Å². The van der Waals surface area contributed by atoms with Gasteiger partial charge in [0, 0.05) is 36.0 Å². The second kappa shape index (κ2) is 14.7. The lowest BCUT2D eigenvalue weighted by Crippen LogP contribution is -2.36. The summed E-state index contributed by atoms with van der Waals surface area (Å²) in [6.07, 6.45) is 2.28. The zero-order chi connectivity index (χ0) is 31.8. The molecular formula is C34H33ClN4O4S2. The van der Waals surface area contributed by atoms with Crippen LogP contribution in [0, 0.1) is 0 Å². The Morgan fingerprint density at radius 3 is 2.07 bits per heavy atom. The van der Waals surface area contributed by atoms with Crippen molar-refractivity contribution in [1.82, 2.24) is 4.98 Å². The van der Waals surface area contributed by atoms with Crippen LogP contribution in [0.2, 0.25) is 4.34 Å². The Morgan fingerprint density at radius 2 is 1.51 bits per heavy atom. The average molecular weight is 661 g/mol. The number of benzene rings is 4. The van der Waals surface area contributed by atoms with Crippen molar-refractivity contribution >= 4 is 55.5 Å². The van der Waals surface area contributed by atoms with Gasteiger partial charge in [0.2, 0.25) is 10.0 Å². The van der Waals surface area contributed by atoms with E-state index in [0.717, 1.165) is 34.3 Å². The molecule has 11 heteroatoms. The minimum Gasteiger partial charge on any atom is -0.396 e. The molecule has 8 nitrogen and oxygen atoms in total. The molecule has 3 N–H and O–H groups in total. The zero-order valence-electron chi connectivity index (χ0n) is 24.6. The average Bonchev–Trinajstić information content (AvgIpc) is 3.40. The van der Waals surface area contributed by atoms with Crippen molar-refractivity contribution in [3.63, 3.8) is 0 Å². The van der Waals surface area contributed by atoms with E-state index in [1.165, 1.54) is 0 Å². The van der Waals surface area contributed by atoms with Gasteiger partial charge in [0.15, 0.2) is 5.13 Å². The highest BCUT2D eigenvalue weighted by molar-refractivity contribution is 7.92. The molecule has 5 rings (SSSR count). The monoisotopic (exact) mass is 660 g/mol. The van der Waals surface area contributed by atoms with Crippen molar-refractivity contribution in [2.45, 2.75) is 18.8 Å². The largest absolute Gasteiger partial charge is 0.396 e. The smallest absolute Gasteiger partial charge is 0.328 e. The number of nitrogens with zero attached hydrogens (tertiary/aromatic N) is 2. The highest BCUT2D eigenvalue weighted by Crippen LogP contribution is 2.36. The normalized spacial score (nSPS) is 11.4. The summed E-state index contributed by atoms with van der Waals surface area (Å²) >= 11 is 7.70. The molecule has 45 heavy (non-hydrogen) atoms. The predicted molar refractivity (Wildman–Crippen MR) is 184 cm³/mol. The van der Waals surface area contributed by atoms with Crippen LogP contribution in [-0.4, -0.2) is 43.9 Å². The van der Waals surface area contributed by atoms with Crippen LogP contribution in [0.4, 0.5) is 21.3 Å². The van der Waals surface area contributed by atoms with Gasteiger partial charge in [-0.15, -0.1) is 0 Å². The SMILES string of the molecule is CS(=O)(=O)Nc1ccc(-c2nc(NC(=O)N(CCC(c3ccccc3)c3ccccc3)c3ccc(CCO)cc3)sc2Cl)cc1. The Kier molecular flexibility index (Phi) is 10.5. The second-order valence-corrected chi connectivity index (χ2v) is 13.8. The molecule has 2 amide bonds. The molecule has 0 fully saturated rings. The lowest BCUT2D eigenvalue weighted by atomic mass is 9.88. The number of amides is 2. The number of hydrogen-bond donors (Lipinski definition) is 3. The van der Waals surface area contributed by atoms with E-state index in [4.69, 9.17) is 11.6 Å². The van der Waals surface area contributed by atoms with Gasteiger partial charge in [0.1, 0.15) is 10.0 Å². The van der Waals surface area contributed by atoms with Gasteiger partial charge in [0.05, 0.1) is 6.26 Å². The number of aliphatic hydroxyl groups excluding tert-OH is 1. The lowest BCUT2D eigenvalue weighted by molar-refractivity contribution is 0.256. The van der Waals surface area contributed by atoms with Gasteiger partial charge in [-0.25, -0.2) is 18.2 Å². The third-order valence-electron chi connectivity index (χ3n) is 7.20. The maximum atomic E-state index is 13.9. The number of carbonyl (C=O) groups is 1. The number of rotatable bonds is 12. The molecule has 0 radical (unpaired) electrons. The van der Waals surface area contributed by atoms with Crippen molar-refractivity contribution < 1.29 is 18.3 Å². The van der Waals surface area contributed by atoms with Gasteiger partial charge in [-0.2, -0.15) is 0 Å². The standard InChI is InChI=1S/C34H33ClN4O4S2/c1-45(42,43)38-28-16-14-27(15-17-28)31-32(35)44-33(36-31)37-34(41)39(29-18-12-24(13-19-29)21-23-40)22-20-30(25-8-4-2-5-9-25)26-10-6-3-7-11-26/h2-19,30,38,40H,20-23H2,1H3,(H,36,37,41). The zero-order valence-corrected chi connectivity index (χ0v) is 26.9. The quantitative estimate of drug-likeness (QED) is 0.127. The van der Waals surface area contributed by atoms with E-state index in [-0.39, 0.29) is 18.6 Å². The van der Waals surface area contributed by atoms with Crippen LogP contribution in [0.3, 0.4) is 0 Å². The van der Waals surface area contributed by atoms with Gasteiger partial charge in [-0.05, 0) is 53.8 Å². The highest BCUT2D eigenvalue weighted by atomic mass is 35.5. The number of carbonyl (C=O) groups excluding carboxylic acids is 1. The summed E-state index contributed by atoms with van der Waals surface area (Å²) in [4.78, 5) is 20.2. The van der Waals surface area contributed by atoms with E-state index in [9.17, 15) is 18.3 Å². The first-order valence-electron chi connectivity index (χ1n) is 14.3. The van der Waals surface area contributed by atoms with Gasteiger partial charge in [-0.1, -0.05) is 108 Å². The van der Waals surface area contributed by atoms with Gasteiger partial charge in [0.25, 0.3) is 0 Å². The molecule has 1 heterocycles. The molecular weight excluding hydrogens is 628 g/mol. The molecule has 0 aliphatic carbocycles. The van der Waals surface area contributed by atoms with Gasteiger partial charge < -0.3 is 5.11 Å². The number of halogens is 1. The van der Waals surface area contributed by atoms with Crippen molar-refractivity contribution in [3.05, 3.63) is 130 Å². The molecule has 0 saturated carbocycles. The molecule has 0 atom stereocenters. The topological polar surface area (TPSA) is 112 Å². The van der Waals surface area contributed by atoms with Crippen LogP contribution < -0.4 is 14.9 Å². The third kappa shape index (κ3) is 8.70. The summed E-state index contributed by atoms with van der Waals surface area (Å²) in [5.41, 5.74) is 5.60. The van der Waals surface area contributed by atoms with Crippen LogP contribution in [0.5, 0.6) is 0 Å². The lowest BCUT2D eigenvalue weighted by Gasteiger charge is -2.26. The van der Waals surface area contributed by atoms with Crippen LogP contribution in [0.25, 0.3) is 11.3 Å². The van der Waals surface area contributed by atoms with E-state index in [1.807, 2.05) is 60.7 Å². The molecule has 5 aromatic rings. The first-order valence-corrected chi connectivity index (χ1v) is 17.4. The predicted octanol–water partition coefficient (Wildman–Crippen LogP) is 7.63. The van der Waals surface area contributed by atoms with Crippen LogP contribution >= 0.6 is 22.9 Å². The summed E-state index contributed by atoms with van der Waals surface area (Å²) in [5, 5.41) is 12.6. The van der Waals surface area contributed by atoms with E-state index >= 15 is 0 Å². The summed E-state index contributed by atoms with van der Waals surface area (Å²) in [5.74, 6) is 0.0671. The van der Waals surface area contributed by atoms with E-state index in [0.29, 0.717) is 51.5 Å². The molecule has 1 aromatic heterocycles. The van der Waals surface area contributed by atoms with E-state index in [2.05, 4.69) is 39.3 Å². The Bertz CT molecular complexity index is 1780. The van der Waals surface area contributed by atoms with Gasteiger partial charge in [-0.3, -0.25) is 14.9 Å². The summed E-state index contributed by atoms with van der Waals surface area (Å²) in [6, 6.07) is 34.4. The van der Waals surface area contributed by atoms with Crippen LogP contribution in [0.1, 0.15) is 29.0 Å². The molecule has 0 saturated heterocycles. The number of thiazole rings is 1. The number of aromatic nitrogens is 1. The summed E-state index contributed by atoms with van der Waals surface area (Å²) < 4.78 is 25.9. The first kappa shape index (κ1) is 32.2. The molecule has 0 aliphatic rings. The molecule has 0 spiro atoms. The van der Waals surface area contributed by atoms with E-state index < -0.39 is 10.0 Å². The fourth-order valence-electron chi connectivity index (χ4n) is 5.08. The Hall–Kier alpha value is -4.22. The minimum absolute atomic E-state index is 0.0451. The molecule has 0 bridgehead atoms. The van der Waals surface area contributed by atoms with E-state index in [1.54, 1.807) is 29.2 Å². The summed E-state index contributed by atoms with van der Waals surface area (Å²) in [6.45, 7) is 0.462. The fourth-order valence-corrected chi connectivity index (χ4v) is 6.72. The van der Waals surface area contributed by atoms with Gasteiger partial charge >= 0.3 is 6.03 Å². The Labute approximate surface area is 272 Å². The highest BCUT2D eigenvalue weighted by Gasteiger charge is 2.22. The van der Waals surface area contributed by atoms with Crippen molar-refractivity contribution in [1.29, 1.82) is 0 Å². The molecule has 0 aliphatic heterocycles. The molecule has 4 aromatic carbocycles. The first-order chi connectivity index (χ1) is 21.7. The third-order valence-corrected chi connectivity index (χ3v) is 8.98.